The minimum atomic E-state index is -1.20. The monoisotopic (exact) mass is 262 g/mol. The topological polar surface area (TPSA) is 101 Å². The van der Waals surface area contributed by atoms with E-state index in [2.05, 4.69) is 0 Å². The smallest absolute Gasteiger partial charge is 0.337 e. The number of hydrogen-bond donors (Lipinski definition) is 2. The molecule has 0 aliphatic carbocycles. The maximum absolute atomic E-state index is 12.0. The van der Waals surface area contributed by atoms with Crippen molar-refractivity contribution in [2.24, 2.45) is 5.92 Å². The second-order valence-corrected chi connectivity index (χ2v) is 4.72. The van der Waals surface area contributed by atoms with Crippen molar-refractivity contribution in [1.82, 2.24) is 0 Å². The van der Waals surface area contributed by atoms with E-state index in [9.17, 15) is 14.4 Å². The number of imide groups is 1. The van der Waals surface area contributed by atoms with Crippen LogP contribution in [0.5, 0.6) is 0 Å². The number of nitrogen functional groups attached to an aromatic ring is 1. The molecule has 0 radical (unpaired) electrons. The summed E-state index contributed by atoms with van der Waals surface area (Å²) in [6.45, 7) is 1.81. The van der Waals surface area contributed by atoms with Crippen LogP contribution >= 0.6 is 0 Å². The van der Waals surface area contributed by atoms with E-state index in [1.165, 1.54) is 18.2 Å². The Morgan fingerprint density at radius 2 is 1.89 bits per heavy atom. The first-order chi connectivity index (χ1) is 8.90. The van der Waals surface area contributed by atoms with Gasteiger partial charge in [-0.1, -0.05) is 6.92 Å². The Hall–Kier alpha value is -2.37. The number of hydrogen-bond acceptors (Lipinski definition) is 4. The number of nitrogens with two attached hydrogens (primary N) is 1. The molecule has 19 heavy (non-hydrogen) atoms. The summed E-state index contributed by atoms with van der Waals surface area (Å²) in [7, 11) is 0. The van der Waals surface area contributed by atoms with Gasteiger partial charge in [0.15, 0.2) is 0 Å². The number of carboxylic acid groups (broad SMARTS) is 1. The van der Waals surface area contributed by atoms with E-state index in [4.69, 9.17) is 10.8 Å². The van der Waals surface area contributed by atoms with E-state index in [-0.39, 0.29) is 30.0 Å². The van der Waals surface area contributed by atoms with Crippen LogP contribution in [0.15, 0.2) is 18.2 Å². The summed E-state index contributed by atoms with van der Waals surface area (Å²) in [5, 5.41) is 9.12. The predicted octanol–water partition coefficient (Wildman–Crippen LogP) is 1.26. The number of carboxylic acids is 1. The standard InChI is InChI=1S/C13H14N2O4/c1-7-4-11(16)15(12(17)5-7)10-6-8(14)2-3-9(10)13(18)19/h2-3,6-7H,4-5,14H2,1H3,(H,18,19). The molecule has 0 bridgehead atoms. The Morgan fingerprint density at radius 3 is 2.42 bits per heavy atom. The number of benzene rings is 1. The molecule has 2 amide bonds. The van der Waals surface area contributed by atoms with E-state index in [1.54, 1.807) is 0 Å². The first-order valence-corrected chi connectivity index (χ1v) is 5.88. The third-order valence-electron chi connectivity index (χ3n) is 3.04. The Bertz CT molecular complexity index is 550. The summed E-state index contributed by atoms with van der Waals surface area (Å²) in [6.07, 6.45) is 0.444. The van der Waals surface area contributed by atoms with Gasteiger partial charge in [-0.25, -0.2) is 9.69 Å². The molecule has 6 nitrogen and oxygen atoms in total. The van der Waals surface area contributed by atoms with Crippen LogP contribution in [0.4, 0.5) is 11.4 Å². The van der Waals surface area contributed by atoms with Crippen molar-refractivity contribution >= 4 is 29.2 Å². The summed E-state index contributed by atoms with van der Waals surface area (Å²) in [6, 6.07) is 4.06. The van der Waals surface area contributed by atoms with Gasteiger partial charge in [-0.05, 0) is 24.1 Å². The second-order valence-electron chi connectivity index (χ2n) is 4.72. The predicted molar refractivity (Wildman–Crippen MR) is 68.7 cm³/mol. The summed E-state index contributed by atoms with van der Waals surface area (Å²) in [4.78, 5) is 36.0. The van der Waals surface area contributed by atoms with Gasteiger partial charge < -0.3 is 10.8 Å². The third-order valence-corrected chi connectivity index (χ3v) is 3.04. The molecule has 100 valence electrons. The van der Waals surface area contributed by atoms with Crippen LogP contribution in [0.3, 0.4) is 0 Å². The molecule has 6 heteroatoms. The summed E-state index contributed by atoms with van der Waals surface area (Å²) in [5.41, 5.74) is 5.86. The highest BCUT2D eigenvalue weighted by molar-refractivity contribution is 6.19. The van der Waals surface area contributed by atoms with Gasteiger partial charge in [0, 0.05) is 18.5 Å². The maximum atomic E-state index is 12.0. The largest absolute Gasteiger partial charge is 0.478 e. The van der Waals surface area contributed by atoms with E-state index >= 15 is 0 Å². The lowest BCUT2D eigenvalue weighted by Gasteiger charge is -2.29. The van der Waals surface area contributed by atoms with E-state index < -0.39 is 17.8 Å². The first kappa shape index (κ1) is 13.1. The van der Waals surface area contributed by atoms with Gasteiger partial charge >= 0.3 is 5.97 Å². The molecular weight excluding hydrogens is 248 g/mol. The molecule has 1 fully saturated rings. The normalized spacial score (nSPS) is 16.8. The van der Waals surface area contributed by atoms with Crippen molar-refractivity contribution in [2.45, 2.75) is 19.8 Å². The Morgan fingerprint density at radius 1 is 1.32 bits per heavy atom. The average Bonchev–Trinajstić information content (AvgIpc) is 2.27. The molecular formula is C13H14N2O4. The number of nitrogens with zero attached hydrogens (tertiary/aromatic N) is 1. The van der Waals surface area contributed by atoms with Crippen LogP contribution in [-0.2, 0) is 9.59 Å². The average molecular weight is 262 g/mol. The van der Waals surface area contributed by atoms with Gasteiger partial charge in [-0.3, -0.25) is 9.59 Å². The fourth-order valence-electron chi connectivity index (χ4n) is 2.17. The lowest BCUT2D eigenvalue weighted by atomic mass is 9.96. The quantitative estimate of drug-likeness (QED) is 0.617. The number of aromatic carboxylic acids is 1. The van der Waals surface area contributed by atoms with Crippen molar-refractivity contribution < 1.29 is 19.5 Å². The van der Waals surface area contributed by atoms with Crippen LogP contribution in [0.25, 0.3) is 0 Å². The summed E-state index contributed by atoms with van der Waals surface area (Å²) < 4.78 is 0. The molecule has 1 aromatic carbocycles. The van der Waals surface area contributed by atoms with Crippen molar-refractivity contribution in [3.8, 4) is 0 Å². The molecule has 2 rings (SSSR count). The van der Waals surface area contributed by atoms with Crippen molar-refractivity contribution in [3.63, 3.8) is 0 Å². The molecule has 1 aromatic rings. The van der Waals surface area contributed by atoms with Gasteiger partial charge in [0.2, 0.25) is 11.8 Å². The van der Waals surface area contributed by atoms with Gasteiger partial charge in [0.05, 0.1) is 11.3 Å². The van der Waals surface area contributed by atoms with Crippen LogP contribution < -0.4 is 10.6 Å². The van der Waals surface area contributed by atoms with Crippen molar-refractivity contribution in [3.05, 3.63) is 23.8 Å². The molecule has 0 atom stereocenters. The molecule has 1 aliphatic heterocycles. The lowest BCUT2D eigenvalue weighted by molar-refractivity contribution is -0.130. The number of anilines is 2. The highest BCUT2D eigenvalue weighted by Gasteiger charge is 2.33. The minimum Gasteiger partial charge on any atom is -0.478 e. The molecule has 1 saturated heterocycles. The molecule has 3 N–H and O–H groups in total. The number of piperidine rings is 1. The number of amides is 2. The Kier molecular flexibility index (Phi) is 3.25. The molecule has 0 saturated carbocycles. The maximum Gasteiger partial charge on any atom is 0.337 e. The molecule has 0 aromatic heterocycles. The third kappa shape index (κ3) is 2.42. The number of carbonyl (C=O) groups excluding carboxylic acids is 2. The van der Waals surface area contributed by atoms with Crippen molar-refractivity contribution in [2.75, 3.05) is 10.6 Å². The molecule has 1 heterocycles. The minimum absolute atomic E-state index is 0.0226. The highest BCUT2D eigenvalue weighted by atomic mass is 16.4. The zero-order chi connectivity index (χ0) is 14.2. The van der Waals surface area contributed by atoms with Crippen molar-refractivity contribution in [1.29, 1.82) is 0 Å². The fourth-order valence-corrected chi connectivity index (χ4v) is 2.17. The molecule has 0 spiro atoms. The van der Waals surface area contributed by atoms with E-state index in [1.807, 2.05) is 6.92 Å². The second kappa shape index (κ2) is 4.72. The number of rotatable bonds is 2. The van der Waals surface area contributed by atoms with Crippen LogP contribution in [0.2, 0.25) is 0 Å². The van der Waals surface area contributed by atoms with Gasteiger partial charge in [-0.2, -0.15) is 0 Å². The molecule has 0 unspecified atom stereocenters. The van der Waals surface area contributed by atoms with E-state index in [0.29, 0.717) is 5.69 Å². The lowest BCUT2D eigenvalue weighted by Crippen LogP contribution is -2.43. The summed E-state index contributed by atoms with van der Waals surface area (Å²) in [5.74, 6) is -2.01. The van der Waals surface area contributed by atoms with Crippen LogP contribution in [0.1, 0.15) is 30.1 Å². The fraction of sp³-hybridized carbons (Fsp3) is 0.308. The highest BCUT2D eigenvalue weighted by Crippen LogP contribution is 2.29. The summed E-state index contributed by atoms with van der Waals surface area (Å²) >= 11 is 0. The number of carbonyl (C=O) groups is 3. The van der Waals surface area contributed by atoms with Crippen LogP contribution in [0, 0.1) is 5.92 Å². The zero-order valence-electron chi connectivity index (χ0n) is 10.4. The van der Waals surface area contributed by atoms with E-state index in [0.717, 1.165) is 4.90 Å². The Labute approximate surface area is 109 Å². The molecule has 1 aliphatic rings. The Balaban J connectivity index is 2.51. The zero-order valence-corrected chi connectivity index (χ0v) is 10.4. The van der Waals surface area contributed by atoms with Gasteiger partial charge in [0.1, 0.15) is 0 Å². The SMILES string of the molecule is CC1CC(=O)N(c2cc(N)ccc2C(=O)O)C(=O)C1. The van der Waals surface area contributed by atoms with Gasteiger partial charge in [0.25, 0.3) is 0 Å². The van der Waals surface area contributed by atoms with Gasteiger partial charge in [-0.15, -0.1) is 0 Å². The van der Waals surface area contributed by atoms with Crippen LogP contribution in [-0.4, -0.2) is 22.9 Å². The first-order valence-electron chi connectivity index (χ1n) is 5.88.